The number of nitro groups is 1. The minimum atomic E-state index is -0.739. The molecule has 9 heteroatoms. The first-order valence-electron chi connectivity index (χ1n) is 7.90. The Bertz CT molecular complexity index is 873. The van der Waals surface area contributed by atoms with E-state index >= 15 is 0 Å². The maximum Gasteiger partial charge on any atom is 0.311 e. The van der Waals surface area contributed by atoms with Crippen molar-refractivity contribution in [2.75, 3.05) is 6.61 Å². The normalized spacial score (nSPS) is 11.5. The Morgan fingerprint density at radius 3 is 2.59 bits per heavy atom. The van der Waals surface area contributed by atoms with E-state index in [4.69, 9.17) is 27.9 Å². The number of amides is 1. The van der Waals surface area contributed by atoms with E-state index in [1.54, 1.807) is 31.2 Å². The Hall–Kier alpha value is -2.64. The molecule has 1 amide bonds. The Balaban J connectivity index is 1.88. The number of nitrogens with one attached hydrogen (secondary N) is 1. The van der Waals surface area contributed by atoms with Crippen molar-refractivity contribution in [2.45, 2.75) is 19.4 Å². The van der Waals surface area contributed by atoms with Crippen molar-refractivity contribution in [1.29, 1.82) is 0 Å². The molecule has 0 aromatic heterocycles. The van der Waals surface area contributed by atoms with Crippen LogP contribution in [-0.2, 0) is 20.7 Å². The fourth-order valence-corrected chi connectivity index (χ4v) is 2.98. The first kappa shape index (κ1) is 20.7. The van der Waals surface area contributed by atoms with Gasteiger partial charge < -0.3 is 10.1 Å². The lowest BCUT2D eigenvalue weighted by Crippen LogP contribution is -2.31. The minimum absolute atomic E-state index is 0.176. The molecule has 2 rings (SSSR count). The molecule has 0 saturated heterocycles. The number of ether oxygens (including phenoxy) is 1. The van der Waals surface area contributed by atoms with Gasteiger partial charge in [-0.05, 0) is 24.6 Å². The van der Waals surface area contributed by atoms with Crippen molar-refractivity contribution in [1.82, 2.24) is 5.32 Å². The highest BCUT2D eigenvalue weighted by Crippen LogP contribution is 2.26. The van der Waals surface area contributed by atoms with Gasteiger partial charge in [0.15, 0.2) is 6.61 Å². The predicted octanol–water partition coefficient (Wildman–Crippen LogP) is 3.86. The quantitative estimate of drug-likeness (QED) is 0.424. The summed E-state index contributed by atoms with van der Waals surface area (Å²) in [5.74, 6) is -1.26. The second kappa shape index (κ2) is 9.34. The first-order chi connectivity index (χ1) is 12.8. The molecule has 1 N–H and O–H groups in total. The minimum Gasteiger partial charge on any atom is -0.455 e. The number of benzene rings is 2. The van der Waals surface area contributed by atoms with E-state index in [-0.39, 0.29) is 17.7 Å². The number of esters is 1. The van der Waals surface area contributed by atoms with Crippen molar-refractivity contribution < 1.29 is 19.2 Å². The number of halogens is 2. The summed E-state index contributed by atoms with van der Waals surface area (Å²) < 4.78 is 4.90. The molecule has 142 valence electrons. The van der Waals surface area contributed by atoms with Crippen LogP contribution in [0.25, 0.3) is 0 Å². The number of carbonyl (C=O) groups excluding carboxylic acids is 2. The highest BCUT2D eigenvalue weighted by atomic mass is 35.5. The maximum absolute atomic E-state index is 12.0. The van der Waals surface area contributed by atoms with Crippen molar-refractivity contribution in [3.8, 4) is 0 Å². The average Bonchev–Trinajstić information content (AvgIpc) is 2.60. The molecule has 0 aliphatic rings. The molecule has 0 aliphatic carbocycles. The van der Waals surface area contributed by atoms with E-state index in [9.17, 15) is 19.7 Å². The summed E-state index contributed by atoms with van der Waals surface area (Å²) in [6.07, 6.45) is -0.303. The second-order valence-corrected chi connectivity index (χ2v) is 6.52. The molecule has 0 aliphatic heterocycles. The van der Waals surface area contributed by atoms with Crippen molar-refractivity contribution in [3.63, 3.8) is 0 Å². The van der Waals surface area contributed by atoms with E-state index in [0.29, 0.717) is 15.6 Å². The summed E-state index contributed by atoms with van der Waals surface area (Å²) in [5, 5.41) is 14.5. The fourth-order valence-electron chi connectivity index (χ4n) is 2.40. The van der Waals surface area contributed by atoms with E-state index in [2.05, 4.69) is 5.32 Å². The zero-order valence-electron chi connectivity index (χ0n) is 14.3. The van der Waals surface area contributed by atoms with E-state index in [1.807, 2.05) is 0 Å². The lowest BCUT2D eigenvalue weighted by molar-refractivity contribution is -0.385. The third-order valence-electron chi connectivity index (χ3n) is 3.69. The molecular weight excluding hydrogens is 395 g/mol. The predicted molar refractivity (Wildman–Crippen MR) is 101 cm³/mol. The topological polar surface area (TPSA) is 98.5 Å². The van der Waals surface area contributed by atoms with Gasteiger partial charge in [-0.2, -0.15) is 0 Å². The summed E-state index contributed by atoms with van der Waals surface area (Å²) in [6, 6.07) is 10.3. The molecule has 0 unspecified atom stereocenters. The molecule has 1 atom stereocenters. The Morgan fingerprint density at radius 2 is 1.93 bits per heavy atom. The number of nitrogens with zero attached hydrogens (tertiary/aromatic N) is 1. The Kier molecular flexibility index (Phi) is 7.15. The second-order valence-electron chi connectivity index (χ2n) is 5.68. The standard InChI is InChI=1S/C18H16Cl2N2O5/c1-11(14-7-6-13(19)9-15(14)20)21-17(23)10-27-18(24)8-12-4-2-3-5-16(12)22(25)26/h2-7,9,11H,8,10H2,1H3,(H,21,23)/t11-/m0/s1. The summed E-state index contributed by atoms with van der Waals surface area (Å²) >= 11 is 11.9. The van der Waals surface area contributed by atoms with E-state index in [1.165, 1.54) is 18.2 Å². The molecule has 0 fully saturated rings. The molecule has 27 heavy (non-hydrogen) atoms. The molecule has 0 radical (unpaired) electrons. The lowest BCUT2D eigenvalue weighted by Gasteiger charge is -2.16. The molecule has 2 aromatic rings. The van der Waals surface area contributed by atoms with Crippen LogP contribution in [0.4, 0.5) is 5.69 Å². The molecule has 7 nitrogen and oxygen atoms in total. The van der Waals surface area contributed by atoms with Crippen LogP contribution in [0, 0.1) is 10.1 Å². The molecule has 0 saturated carbocycles. The van der Waals surface area contributed by atoms with Gasteiger partial charge in [-0.3, -0.25) is 19.7 Å². The molecule has 0 spiro atoms. The fraction of sp³-hybridized carbons (Fsp3) is 0.222. The van der Waals surface area contributed by atoms with Crippen LogP contribution < -0.4 is 5.32 Å². The van der Waals surface area contributed by atoms with Crippen LogP contribution in [0.15, 0.2) is 42.5 Å². The Labute approximate surface area is 165 Å². The van der Waals surface area contributed by atoms with Gasteiger partial charge in [0.1, 0.15) is 0 Å². The van der Waals surface area contributed by atoms with Gasteiger partial charge in [-0.15, -0.1) is 0 Å². The van der Waals surface area contributed by atoms with Gasteiger partial charge in [0, 0.05) is 21.7 Å². The summed E-state index contributed by atoms with van der Waals surface area (Å²) in [5.41, 5.74) is 0.708. The van der Waals surface area contributed by atoms with Crippen molar-refractivity contribution in [2.24, 2.45) is 0 Å². The van der Waals surface area contributed by atoms with Crippen LogP contribution in [-0.4, -0.2) is 23.4 Å². The van der Waals surface area contributed by atoms with Gasteiger partial charge in [0.05, 0.1) is 17.4 Å². The molecule has 0 bridgehead atoms. The number of hydrogen-bond acceptors (Lipinski definition) is 5. The third-order valence-corrected chi connectivity index (χ3v) is 4.26. The third kappa shape index (κ3) is 5.94. The van der Waals surface area contributed by atoms with Crippen LogP contribution in [0.3, 0.4) is 0 Å². The van der Waals surface area contributed by atoms with Gasteiger partial charge in [-0.1, -0.05) is 47.5 Å². The molecule has 0 heterocycles. The average molecular weight is 411 g/mol. The van der Waals surface area contributed by atoms with Crippen LogP contribution in [0.2, 0.25) is 10.0 Å². The number of nitro benzene ring substituents is 1. The monoisotopic (exact) mass is 410 g/mol. The molecule has 2 aromatic carbocycles. The van der Waals surface area contributed by atoms with E-state index < -0.39 is 29.4 Å². The molecular formula is C18H16Cl2N2O5. The van der Waals surface area contributed by atoms with Gasteiger partial charge in [0.2, 0.25) is 0 Å². The maximum atomic E-state index is 12.0. The zero-order chi connectivity index (χ0) is 20.0. The van der Waals surface area contributed by atoms with E-state index in [0.717, 1.165) is 0 Å². The van der Waals surface area contributed by atoms with Crippen LogP contribution >= 0.6 is 23.2 Å². The zero-order valence-corrected chi connectivity index (χ0v) is 15.8. The van der Waals surface area contributed by atoms with Crippen LogP contribution in [0.1, 0.15) is 24.1 Å². The smallest absolute Gasteiger partial charge is 0.311 e. The number of para-hydroxylation sites is 1. The Morgan fingerprint density at radius 1 is 1.22 bits per heavy atom. The van der Waals surface area contributed by atoms with Crippen molar-refractivity contribution in [3.05, 3.63) is 73.8 Å². The summed E-state index contributed by atoms with van der Waals surface area (Å²) in [7, 11) is 0. The summed E-state index contributed by atoms with van der Waals surface area (Å²) in [6.45, 7) is 1.22. The number of hydrogen-bond donors (Lipinski definition) is 1. The lowest BCUT2D eigenvalue weighted by atomic mass is 10.1. The highest BCUT2D eigenvalue weighted by molar-refractivity contribution is 6.35. The highest BCUT2D eigenvalue weighted by Gasteiger charge is 2.18. The summed E-state index contributed by atoms with van der Waals surface area (Å²) in [4.78, 5) is 34.2. The van der Waals surface area contributed by atoms with Crippen LogP contribution in [0.5, 0.6) is 0 Å². The van der Waals surface area contributed by atoms with Gasteiger partial charge in [-0.25, -0.2) is 0 Å². The van der Waals surface area contributed by atoms with Gasteiger partial charge in [0.25, 0.3) is 11.6 Å². The first-order valence-corrected chi connectivity index (χ1v) is 8.65. The number of carbonyl (C=O) groups is 2. The van der Waals surface area contributed by atoms with Gasteiger partial charge >= 0.3 is 5.97 Å². The number of rotatable bonds is 7. The van der Waals surface area contributed by atoms with Crippen molar-refractivity contribution >= 4 is 40.8 Å². The SMILES string of the molecule is C[C@H](NC(=O)COC(=O)Cc1ccccc1[N+](=O)[O-])c1ccc(Cl)cc1Cl. The largest absolute Gasteiger partial charge is 0.455 e.